The van der Waals surface area contributed by atoms with Gasteiger partial charge in [0.05, 0.1) is 0 Å². The lowest BCUT2D eigenvalue weighted by molar-refractivity contribution is 0.598. The first-order chi connectivity index (χ1) is 7.58. The normalized spacial score (nSPS) is 21.4. The lowest BCUT2D eigenvalue weighted by Gasteiger charge is -2.24. The van der Waals surface area contributed by atoms with E-state index in [4.69, 9.17) is 5.73 Å². The molecule has 16 heavy (non-hydrogen) atoms. The molecule has 1 aliphatic rings. The Kier molecular flexibility index (Phi) is 3.10. The van der Waals surface area contributed by atoms with E-state index in [0.717, 1.165) is 30.4 Å². The standard InChI is InChI=1S/C14H18FN/c1-9-3-5-11(15)7-13(9)14-8-12(16)6-4-10(14)2/h3,5,7,12H,4,6,8,16H2,1-2H3. The summed E-state index contributed by atoms with van der Waals surface area (Å²) in [7, 11) is 0. The van der Waals surface area contributed by atoms with Crippen LogP contribution >= 0.6 is 0 Å². The molecule has 1 unspecified atom stereocenters. The van der Waals surface area contributed by atoms with Crippen molar-refractivity contribution in [3.05, 3.63) is 40.7 Å². The van der Waals surface area contributed by atoms with Gasteiger partial charge in [-0.3, -0.25) is 0 Å². The highest BCUT2D eigenvalue weighted by atomic mass is 19.1. The molecule has 1 aromatic carbocycles. The van der Waals surface area contributed by atoms with Crippen molar-refractivity contribution in [3.8, 4) is 0 Å². The maximum Gasteiger partial charge on any atom is 0.123 e. The molecule has 0 saturated carbocycles. The number of aryl methyl sites for hydroxylation is 1. The molecule has 1 atom stereocenters. The van der Waals surface area contributed by atoms with Crippen LogP contribution in [0, 0.1) is 12.7 Å². The molecule has 0 heterocycles. The second-order valence-corrected chi connectivity index (χ2v) is 4.72. The third-order valence-corrected chi connectivity index (χ3v) is 3.40. The van der Waals surface area contributed by atoms with Gasteiger partial charge in [-0.15, -0.1) is 0 Å². The number of halogens is 1. The van der Waals surface area contributed by atoms with Crippen molar-refractivity contribution >= 4 is 5.57 Å². The van der Waals surface area contributed by atoms with Crippen molar-refractivity contribution in [2.75, 3.05) is 0 Å². The van der Waals surface area contributed by atoms with Crippen LogP contribution in [0.2, 0.25) is 0 Å². The topological polar surface area (TPSA) is 26.0 Å². The molecule has 0 saturated heterocycles. The van der Waals surface area contributed by atoms with Gasteiger partial charge < -0.3 is 5.73 Å². The number of allylic oxidation sites excluding steroid dienone is 1. The van der Waals surface area contributed by atoms with Gasteiger partial charge in [0.1, 0.15) is 5.82 Å². The fourth-order valence-corrected chi connectivity index (χ4v) is 2.35. The maximum atomic E-state index is 13.3. The molecule has 1 aliphatic carbocycles. The second-order valence-electron chi connectivity index (χ2n) is 4.72. The highest BCUT2D eigenvalue weighted by Crippen LogP contribution is 2.33. The predicted octanol–water partition coefficient (Wildman–Crippen LogP) is 3.42. The highest BCUT2D eigenvalue weighted by molar-refractivity contribution is 5.72. The first kappa shape index (κ1) is 11.3. The third-order valence-electron chi connectivity index (χ3n) is 3.40. The van der Waals surface area contributed by atoms with Gasteiger partial charge in [-0.2, -0.15) is 0 Å². The van der Waals surface area contributed by atoms with Crippen molar-refractivity contribution in [1.29, 1.82) is 0 Å². The van der Waals surface area contributed by atoms with Crippen LogP contribution in [0.1, 0.15) is 37.3 Å². The van der Waals surface area contributed by atoms with E-state index in [1.54, 1.807) is 6.07 Å². The van der Waals surface area contributed by atoms with Crippen molar-refractivity contribution in [2.24, 2.45) is 5.73 Å². The Morgan fingerprint density at radius 1 is 1.31 bits per heavy atom. The Hall–Kier alpha value is -1.15. The van der Waals surface area contributed by atoms with Crippen LogP contribution in [0.25, 0.3) is 5.57 Å². The fraction of sp³-hybridized carbons (Fsp3) is 0.429. The van der Waals surface area contributed by atoms with Gasteiger partial charge in [-0.25, -0.2) is 4.39 Å². The molecule has 2 heteroatoms. The molecule has 0 bridgehead atoms. The molecule has 0 amide bonds. The van der Waals surface area contributed by atoms with E-state index in [1.807, 2.05) is 13.0 Å². The SMILES string of the molecule is CC1=C(c2cc(F)ccc2C)CC(N)CC1. The average molecular weight is 219 g/mol. The first-order valence-electron chi connectivity index (χ1n) is 5.78. The predicted molar refractivity (Wildman–Crippen MR) is 65.6 cm³/mol. The largest absolute Gasteiger partial charge is 0.327 e. The number of hydrogen-bond donors (Lipinski definition) is 1. The van der Waals surface area contributed by atoms with Crippen LogP contribution in [0.5, 0.6) is 0 Å². The number of benzene rings is 1. The van der Waals surface area contributed by atoms with Gasteiger partial charge >= 0.3 is 0 Å². The van der Waals surface area contributed by atoms with Crippen LogP contribution in [0.3, 0.4) is 0 Å². The van der Waals surface area contributed by atoms with E-state index < -0.39 is 0 Å². The zero-order valence-corrected chi connectivity index (χ0v) is 9.89. The van der Waals surface area contributed by atoms with Crippen LogP contribution < -0.4 is 5.73 Å². The summed E-state index contributed by atoms with van der Waals surface area (Å²) < 4.78 is 13.3. The summed E-state index contributed by atoms with van der Waals surface area (Å²) in [4.78, 5) is 0. The van der Waals surface area contributed by atoms with Gasteiger partial charge in [-0.05, 0) is 61.9 Å². The minimum atomic E-state index is -0.167. The second kappa shape index (κ2) is 4.38. The molecular weight excluding hydrogens is 201 g/mol. The van der Waals surface area contributed by atoms with Gasteiger partial charge in [0, 0.05) is 6.04 Å². The summed E-state index contributed by atoms with van der Waals surface area (Å²) >= 11 is 0. The van der Waals surface area contributed by atoms with E-state index in [2.05, 4.69) is 6.92 Å². The van der Waals surface area contributed by atoms with Gasteiger partial charge in [0.2, 0.25) is 0 Å². The van der Waals surface area contributed by atoms with E-state index in [9.17, 15) is 4.39 Å². The van der Waals surface area contributed by atoms with Crippen LogP contribution in [0.4, 0.5) is 4.39 Å². The molecule has 1 aromatic rings. The zero-order chi connectivity index (χ0) is 11.7. The summed E-state index contributed by atoms with van der Waals surface area (Å²) in [5.41, 5.74) is 10.8. The molecule has 0 aliphatic heterocycles. The lowest BCUT2D eigenvalue weighted by Crippen LogP contribution is -2.23. The summed E-state index contributed by atoms with van der Waals surface area (Å²) in [6, 6.07) is 5.20. The van der Waals surface area contributed by atoms with E-state index in [0.29, 0.717) is 0 Å². The molecule has 2 rings (SSSR count). The molecule has 0 radical (unpaired) electrons. The Labute approximate surface area is 96.2 Å². The summed E-state index contributed by atoms with van der Waals surface area (Å²) in [6.45, 7) is 4.15. The van der Waals surface area contributed by atoms with Crippen LogP contribution in [-0.2, 0) is 0 Å². The molecule has 0 spiro atoms. The molecular formula is C14H18FN. The fourth-order valence-electron chi connectivity index (χ4n) is 2.35. The van der Waals surface area contributed by atoms with Crippen molar-refractivity contribution in [1.82, 2.24) is 0 Å². The Morgan fingerprint density at radius 3 is 2.81 bits per heavy atom. The Morgan fingerprint density at radius 2 is 2.06 bits per heavy atom. The minimum absolute atomic E-state index is 0.167. The monoisotopic (exact) mass is 219 g/mol. The van der Waals surface area contributed by atoms with Gasteiger partial charge in [0.15, 0.2) is 0 Å². The van der Waals surface area contributed by atoms with Gasteiger partial charge in [-0.1, -0.05) is 11.6 Å². The maximum absolute atomic E-state index is 13.3. The van der Waals surface area contributed by atoms with E-state index in [1.165, 1.54) is 17.2 Å². The van der Waals surface area contributed by atoms with Crippen molar-refractivity contribution in [3.63, 3.8) is 0 Å². The summed E-state index contributed by atoms with van der Waals surface area (Å²) in [5.74, 6) is -0.167. The smallest absolute Gasteiger partial charge is 0.123 e. The first-order valence-corrected chi connectivity index (χ1v) is 5.78. The molecule has 2 N–H and O–H groups in total. The summed E-state index contributed by atoms with van der Waals surface area (Å²) in [6.07, 6.45) is 2.95. The zero-order valence-electron chi connectivity index (χ0n) is 9.89. The summed E-state index contributed by atoms with van der Waals surface area (Å²) in [5, 5.41) is 0. The van der Waals surface area contributed by atoms with E-state index in [-0.39, 0.29) is 11.9 Å². The quantitative estimate of drug-likeness (QED) is 0.769. The third kappa shape index (κ3) is 2.17. The van der Waals surface area contributed by atoms with Crippen molar-refractivity contribution in [2.45, 2.75) is 39.2 Å². The number of hydrogen-bond acceptors (Lipinski definition) is 1. The molecule has 0 fully saturated rings. The lowest BCUT2D eigenvalue weighted by atomic mass is 9.84. The number of nitrogens with two attached hydrogens (primary N) is 1. The minimum Gasteiger partial charge on any atom is -0.327 e. The average Bonchev–Trinajstić information content (AvgIpc) is 2.25. The molecule has 0 aromatic heterocycles. The van der Waals surface area contributed by atoms with Crippen molar-refractivity contribution < 1.29 is 4.39 Å². The molecule has 86 valence electrons. The highest BCUT2D eigenvalue weighted by Gasteiger charge is 2.18. The van der Waals surface area contributed by atoms with E-state index >= 15 is 0 Å². The molecule has 1 nitrogen and oxygen atoms in total. The van der Waals surface area contributed by atoms with Crippen LogP contribution in [-0.4, -0.2) is 6.04 Å². The Bertz CT molecular complexity index is 434. The van der Waals surface area contributed by atoms with Crippen LogP contribution in [0.15, 0.2) is 23.8 Å². The number of rotatable bonds is 1. The van der Waals surface area contributed by atoms with Gasteiger partial charge in [0.25, 0.3) is 0 Å². The Balaban J connectivity index is 2.46.